The Morgan fingerprint density at radius 1 is 1.33 bits per heavy atom. The van der Waals surface area contributed by atoms with E-state index >= 15 is 0 Å². The summed E-state index contributed by atoms with van der Waals surface area (Å²) in [6.07, 6.45) is 0.614. The fraction of sp³-hybridized carbons (Fsp3) is 0.111. The molecule has 0 saturated carbocycles. The van der Waals surface area contributed by atoms with E-state index in [0.717, 1.165) is 0 Å². The highest BCUT2D eigenvalue weighted by Gasteiger charge is 1.94. The summed E-state index contributed by atoms with van der Waals surface area (Å²) in [7, 11) is 0. The fourth-order valence-corrected chi connectivity index (χ4v) is 0.711. The first kappa shape index (κ1) is 8.46. The third-order valence-electron chi connectivity index (χ3n) is 1.28. The molecule has 0 saturated heterocycles. The topological polar surface area (TPSA) is 49.7 Å². The summed E-state index contributed by atoms with van der Waals surface area (Å²) in [5.41, 5.74) is 0. The Balaban J connectivity index is 2.44. The van der Waals surface area contributed by atoms with Gasteiger partial charge in [-0.15, -0.1) is 0 Å². The van der Waals surface area contributed by atoms with Crippen LogP contribution >= 0.6 is 0 Å². The van der Waals surface area contributed by atoms with Crippen LogP contribution in [0.2, 0.25) is 0 Å². The summed E-state index contributed by atoms with van der Waals surface area (Å²) >= 11 is 0. The lowest BCUT2D eigenvalue weighted by Crippen LogP contribution is -2.00. The number of ether oxygens (including phenoxy) is 1. The third kappa shape index (κ3) is 2.54. The van der Waals surface area contributed by atoms with Gasteiger partial charge in [0.05, 0.1) is 0 Å². The van der Waals surface area contributed by atoms with Crippen molar-refractivity contribution in [2.75, 3.05) is 6.61 Å². The monoisotopic (exact) mass is 166 g/mol. The number of aliphatic hydroxyl groups excluding tert-OH is 2. The van der Waals surface area contributed by atoms with Gasteiger partial charge in [-0.05, 0) is 12.1 Å². The number of benzene rings is 1. The minimum absolute atomic E-state index is 0.0134. The van der Waals surface area contributed by atoms with Gasteiger partial charge in [0, 0.05) is 0 Å². The average molecular weight is 166 g/mol. The van der Waals surface area contributed by atoms with Crippen LogP contribution in [0.25, 0.3) is 0 Å². The van der Waals surface area contributed by atoms with E-state index in [0.29, 0.717) is 12.0 Å². The molecule has 0 radical (unpaired) electrons. The fourth-order valence-electron chi connectivity index (χ4n) is 0.711. The Kier molecular flexibility index (Phi) is 3.02. The van der Waals surface area contributed by atoms with E-state index < -0.39 is 0 Å². The predicted molar refractivity (Wildman–Crippen MR) is 45.3 cm³/mol. The molecule has 1 rings (SSSR count). The van der Waals surface area contributed by atoms with Gasteiger partial charge in [0.1, 0.15) is 18.6 Å². The molecule has 0 aliphatic carbocycles. The van der Waals surface area contributed by atoms with Crippen molar-refractivity contribution in [1.29, 1.82) is 0 Å². The third-order valence-corrected chi connectivity index (χ3v) is 1.28. The summed E-state index contributed by atoms with van der Waals surface area (Å²) in [5, 5.41) is 17.1. The van der Waals surface area contributed by atoms with Crippen LogP contribution in [-0.2, 0) is 0 Å². The van der Waals surface area contributed by atoms with Crippen molar-refractivity contribution in [1.82, 2.24) is 0 Å². The maximum atomic E-state index is 8.81. The highest BCUT2D eigenvalue weighted by Crippen LogP contribution is 2.08. The lowest BCUT2D eigenvalue weighted by atomic mass is 10.3. The van der Waals surface area contributed by atoms with E-state index in [1.54, 1.807) is 12.1 Å². The van der Waals surface area contributed by atoms with E-state index in [-0.39, 0.29) is 12.4 Å². The van der Waals surface area contributed by atoms with Crippen LogP contribution in [0.15, 0.2) is 42.4 Å². The van der Waals surface area contributed by atoms with E-state index in [4.69, 9.17) is 14.9 Å². The summed E-state index contributed by atoms with van der Waals surface area (Å²) < 4.78 is 5.08. The van der Waals surface area contributed by atoms with E-state index in [1.165, 1.54) is 0 Å². The van der Waals surface area contributed by atoms with Crippen LogP contribution in [0.5, 0.6) is 5.75 Å². The number of rotatable bonds is 3. The second kappa shape index (κ2) is 4.28. The maximum absolute atomic E-state index is 8.81. The molecule has 0 bridgehead atoms. The number of hydrogen-bond acceptors (Lipinski definition) is 3. The summed E-state index contributed by atoms with van der Waals surface area (Å²) in [6, 6.07) is 9.06. The number of hydrogen-bond donors (Lipinski definition) is 2. The van der Waals surface area contributed by atoms with Crippen molar-refractivity contribution in [2.45, 2.75) is 0 Å². The Hall–Kier alpha value is -1.64. The van der Waals surface area contributed by atoms with Crippen LogP contribution in [0, 0.1) is 0 Å². The summed E-state index contributed by atoms with van der Waals surface area (Å²) in [5.74, 6) is 0.463. The highest BCUT2D eigenvalue weighted by atomic mass is 16.5. The van der Waals surface area contributed by atoms with Crippen LogP contribution in [0.3, 0.4) is 0 Å². The van der Waals surface area contributed by atoms with Gasteiger partial charge < -0.3 is 14.9 Å². The first-order valence-corrected chi connectivity index (χ1v) is 3.53. The molecule has 0 unspecified atom stereocenters. The Morgan fingerprint density at radius 3 is 2.58 bits per heavy atom. The number of aliphatic hydroxyl groups is 2. The van der Waals surface area contributed by atoms with Crippen molar-refractivity contribution in [3.05, 3.63) is 42.4 Å². The summed E-state index contributed by atoms with van der Waals surface area (Å²) in [4.78, 5) is 0. The molecule has 0 spiro atoms. The molecule has 0 aromatic heterocycles. The average Bonchev–Trinajstić information content (AvgIpc) is 2.16. The van der Waals surface area contributed by atoms with Crippen molar-refractivity contribution >= 4 is 0 Å². The molecule has 0 amide bonds. The summed E-state index contributed by atoms with van der Waals surface area (Å²) in [6.45, 7) is -0.0134. The smallest absolute Gasteiger partial charge is 0.164 e. The zero-order chi connectivity index (χ0) is 8.81. The second-order valence-electron chi connectivity index (χ2n) is 2.22. The first-order chi connectivity index (χ1) is 5.83. The van der Waals surface area contributed by atoms with Crippen LogP contribution < -0.4 is 4.74 Å². The SMILES string of the molecule is OC=C(O)COc1ccccc1. The largest absolute Gasteiger partial charge is 0.512 e. The highest BCUT2D eigenvalue weighted by molar-refractivity contribution is 5.21. The Bertz CT molecular complexity index is 254. The minimum atomic E-state index is -0.196. The number of para-hydroxylation sites is 1. The zero-order valence-electron chi connectivity index (χ0n) is 6.47. The van der Waals surface area contributed by atoms with Crippen molar-refractivity contribution < 1.29 is 14.9 Å². The van der Waals surface area contributed by atoms with E-state index in [9.17, 15) is 0 Å². The molecule has 12 heavy (non-hydrogen) atoms. The molecule has 64 valence electrons. The molecule has 0 heterocycles. The Morgan fingerprint density at radius 2 is 2.00 bits per heavy atom. The van der Waals surface area contributed by atoms with Gasteiger partial charge in [-0.25, -0.2) is 0 Å². The van der Waals surface area contributed by atoms with E-state index in [2.05, 4.69) is 0 Å². The van der Waals surface area contributed by atoms with Gasteiger partial charge in [-0.2, -0.15) is 0 Å². The van der Waals surface area contributed by atoms with Gasteiger partial charge in [-0.1, -0.05) is 18.2 Å². The molecule has 0 atom stereocenters. The molecule has 1 aromatic rings. The van der Waals surface area contributed by atoms with Crippen LogP contribution in [0.4, 0.5) is 0 Å². The standard InChI is InChI=1S/C9H10O3/c10-6-8(11)7-12-9-4-2-1-3-5-9/h1-6,10-11H,7H2. The van der Waals surface area contributed by atoms with Crippen LogP contribution in [-0.4, -0.2) is 16.8 Å². The van der Waals surface area contributed by atoms with Gasteiger partial charge >= 0.3 is 0 Å². The molecular weight excluding hydrogens is 156 g/mol. The molecule has 0 aliphatic rings. The normalized spacial score (nSPS) is 11.2. The van der Waals surface area contributed by atoms with Gasteiger partial charge in [0.15, 0.2) is 5.76 Å². The second-order valence-corrected chi connectivity index (χ2v) is 2.22. The van der Waals surface area contributed by atoms with Gasteiger partial charge in [0.2, 0.25) is 0 Å². The van der Waals surface area contributed by atoms with Gasteiger partial charge in [0.25, 0.3) is 0 Å². The van der Waals surface area contributed by atoms with E-state index in [1.807, 2.05) is 18.2 Å². The molecule has 3 heteroatoms. The van der Waals surface area contributed by atoms with Crippen molar-refractivity contribution in [3.63, 3.8) is 0 Å². The lowest BCUT2D eigenvalue weighted by Gasteiger charge is -2.03. The van der Waals surface area contributed by atoms with Gasteiger partial charge in [-0.3, -0.25) is 0 Å². The molecule has 0 aliphatic heterocycles. The molecule has 3 nitrogen and oxygen atoms in total. The molecule has 0 fully saturated rings. The quantitative estimate of drug-likeness (QED) is 0.675. The predicted octanol–water partition coefficient (Wildman–Crippen LogP) is 2.02. The minimum Gasteiger partial charge on any atom is -0.512 e. The van der Waals surface area contributed by atoms with Crippen molar-refractivity contribution in [3.8, 4) is 5.75 Å². The molecular formula is C9H10O3. The van der Waals surface area contributed by atoms with Crippen LogP contribution in [0.1, 0.15) is 0 Å². The molecule has 2 N–H and O–H groups in total. The first-order valence-electron chi connectivity index (χ1n) is 3.53. The lowest BCUT2D eigenvalue weighted by molar-refractivity contribution is 0.255. The van der Waals surface area contributed by atoms with Crippen molar-refractivity contribution in [2.24, 2.45) is 0 Å². The molecule has 1 aromatic carbocycles. The zero-order valence-corrected chi connectivity index (χ0v) is 6.47. The maximum Gasteiger partial charge on any atom is 0.164 e. The Labute approximate surface area is 70.5 Å².